The van der Waals surface area contributed by atoms with Gasteiger partial charge < -0.3 is 14.9 Å². The van der Waals surface area contributed by atoms with Crippen LogP contribution in [-0.4, -0.2) is 13.1 Å². The van der Waals surface area contributed by atoms with Gasteiger partial charge in [0.2, 0.25) is 0 Å². The molecule has 0 unspecified atom stereocenters. The zero-order valence-electron chi connectivity index (χ0n) is 10.2. The van der Waals surface area contributed by atoms with E-state index in [9.17, 15) is 4.79 Å². The number of rotatable bonds is 4. The Labute approximate surface area is 119 Å². The number of furan rings is 1. The number of nitrogens with two attached hydrogens (primary N) is 1. The standard InChI is InChI=1S/C13H12ClNO3S/c1-17-13(16)9-4-5-18-11(9)7-19-12-3-2-8(14)6-10(12)15/h2-6H,7,15H2,1H3. The minimum absolute atomic E-state index is 0.409. The number of esters is 1. The highest BCUT2D eigenvalue weighted by Gasteiger charge is 2.15. The van der Waals surface area contributed by atoms with Crippen LogP contribution in [0, 0.1) is 0 Å². The minimum Gasteiger partial charge on any atom is -0.468 e. The number of nitrogen functional groups attached to an aromatic ring is 1. The molecule has 1 aromatic carbocycles. The van der Waals surface area contributed by atoms with E-state index in [0.29, 0.717) is 27.8 Å². The average molecular weight is 298 g/mol. The molecular weight excluding hydrogens is 286 g/mol. The normalized spacial score (nSPS) is 10.4. The first-order chi connectivity index (χ1) is 9.11. The number of anilines is 1. The van der Waals surface area contributed by atoms with Gasteiger partial charge in [-0.1, -0.05) is 11.6 Å². The Bertz CT molecular complexity index is 597. The van der Waals surface area contributed by atoms with Gasteiger partial charge in [-0.05, 0) is 24.3 Å². The molecule has 1 aromatic heterocycles. The molecule has 0 radical (unpaired) electrons. The van der Waals surface area contributed by atoms with Crippen molar-refractivity contribution < 1.29 is 13.9 Å². The van der Waals surface area contributed by atoms with Crippen LogP contribution in [0.3, 0.4) is 0 Å². The van der Waals surface area contributed by atoms with E-state index in [1.165, 1.54) is 25.1 Å². The van der Waals surface area contributed by atoms with Gasteiger partial charge in [0.25, 0.3) is 0 Å². The van der Waals surface area contributed by atoms with E-state index >= 15 is 0 Å². The maximum atomic E-state index is 11.5. The second kappa shape index (κ2) is 6.04. The van der Waals surface area contributed by atoms with Crippen molar-refractivity contribution in [2.75, 3.05) is 12.8 Å². The molecule has 0 aliphatic heterocycles. The molecule has 0 saturated heterocycles. The van der Waals surface area contributed by atoms with E-state index in [1.807, 2.05) is 6.07 Å². The lowest BCUT2D eigenvalue weighted by molar-refractivity contribution is 0.0598. The molecule has 0 fully saturated rings. The van der Waals surface area contributed by atoms with Crippen LogP contribution in [0.2, 0.25) is 5.02 Å². The van der Waals surface area contributed by atoms with Crippen molar-refractivity contribution in [1.29, 1.82) is 0 Å². The van der Waals surface area contributed by atoms with Gasteiger partial charge in [-0.15, -0.1) is 11.8 Å². The molecule has 100 valence electrons. The molecule has 0 saturated carbocycles. The van der Waals surface area contributed by atoms with Gasteiger partial charge in [0, 0.05) is 15.6 Å². The lowest BCUT2D eigenvalue weighted by Gasteiger charge is -2.05. The van der Waals surface area contributed by atoms with Crippen LogP contribution in [0.5, 0.6) is 0 Å². The van der Waals surface area contributed by atoms with Crippen LogP contribution in [0.1, 0.15) is 16.1 Å². The largest absolute Gasteiger partial charge is 0.468 e. The van der Waals surface area contributed by atoms with Gasteiger partial charge in [0.05, 0.1) is 19.1 Å². The molecule has 0 aliphatic rings. The molecule has 2 rings (SSSR count). The lowest BCUT2D eigenvalue weighted by atomic mass is 10.3. The number of thioether (sulfide) groups is 1. The van der Waals surface area contributed by atoms with Crippen LogP contribution in [0.25, 0.3) is 0 Å². The third kappa shape index (κ3) is 3.24. The van der Waals surface area contributed by atoms with E-state index in [2.05, 4.69) is 4.74 Å². The lowest BCUT2D eigenvalue weighted by Crippen LogP contribution is -2.02. The van der Waals surface area contributed by atoms with Crippen molar-refractivity contribution in [3.63, 3.8) is 0 Å². The fourth-order valence-corrected chi connectivity index (χ4v) is 2.62. The molecule has 1 heterocycles. The maximum absolute atomic E-state index is 11.5. The Kier molecular flexibility index (Phi) is 4.39. The third-order valence-corrected chi connectivity index (χ3v) is 3.81. The Morgan fingerprint density at radius 1 is 1.47 bits per heavy atom. The van der Waals surface area contributed by atoms with Gasteiger partial charge >= 0.3 is 5.97 Å². The summed E-state index contributed by atoms with van der Waals surface area (Å²) in [5.74, 6) is 0.642. The summed E-state index contributed by atoms with van der Waals surface area (Å²) < 4.78 is 9.96. The predicted octanol–water partition coefficient (Wildman–Crippen LogP) is 3.59. The molecule has 0 aliphatic carbocycles. The van der Waals surface area contributed by atoms with Crippen molar-refractivity contribution in [2.45, 2.75) is 10.6 Å². The molecule has 2 N–H and O–H groups in total. The highest BCUT2D eigenvalue weighted by molar-refractivity contribution is 7.98. The summed E-state index contributed by atoms with van der Waals surface area (Å²) in [4.78, 5) is 12.4. The zero-order chi connectivity index (χ0) is 13.8. The summed E-state index contributed by atoms with van der Waals surface area (Å²) in [7, 11) is 1.34. The fourth-order valence-electron chi connectivity index (χ4n) is 1.54. The van der Waals surface area contributed by atoms with Gasteiger partial charge in [-0.3, -0.25) is 0 Å². The fraction of sp³-hybridized carbons (Fsp3) is 0.154. The Hall–Kier alpha value is -1.59. The van der Waals surface area contributed by atoms with E-state index < -0.39 is 5.97 Å². The van der Waals surface area contributed by atoms with Crippen LogP contribution < -0.4 is 5.73 Å². The Balaban J connectivity index is 2.10. The smallest absolute Gasteiger partial charge is 0.341 e. The van der Waals surface area contributed by atoms with E-state index in [1.54, 1.807) is 18.2 Å². The second-order valence-electron chi connectivity index (χ2n) is 3.72. The Morgan fingerprint density at radius 3 is 2.95 bits per heavy atom. The zero-order valence-corrected chi connectivity index (χ0v) is 11.8. The molecular formula is C13H12ClNO3S. The highest BCUT2D eigenvalue weighted by atomic mass is 35.5. The van der Waals surface area contributed by atoms with Crippen LogP contribution in [-0.2, 0) is 10.5 Å². The summed E-state index contributed by atoms with van der Waals surface area (Å²) in [5, 5.41) is 0.593. The number of carbonyl (C=O) groups is 1. The van der Waals surface area contributed by atoms with Crippen molar-refractivity contribution in [3.05, 3.63) is 46.9 Å². The first-order valence-electron chi connectivity index (χ1n) is 5.44. The predicted molar refractivity (Wildman–Crippen MR) is 75.5 cm³/mol. The summed E-state index contributed by atoms with van der Waals surface area (Å²) >= 11 is 7.30. The minimum atomic E-state index is -0.409. The van der Waals surface area contributed by atoms with E-state index in [-0.39, 0.29) is 0 Å². The van der Waals surface area contributed by atoms with Crippen LogP contribution in [0.4, 0.5) is 5.69 Å². The van der Waals surface area contributed by atoms with Gasteiger partial charge in [0.15, 0.2) is 0 Å². The van der Waals surface area contributed by atoms with Crippen LogP contribution >= 0.6 is 23.4 Å². The number of hydrogen-bond acceptors (Lipinski definition) is 5. The number of halogens is 1. The topological polar surface area (TPSA) is 65.5 Å². The molecule has 6 heteroatoms. The molecule has 19 heavy (non-hydrogen) atoms. The van der Waals surface area contributed by atoms with Gasteiger partial charge in [-0.2, -0.15) is 0 Å². The molecule has 0 amide bonds. The quantitative estimate of drug-likeness (QED) is 0.531. The summed E-state index contributed by atoms with van der Waals surface area (Å²) in [6.07, 6.45) is 1.47. The summed E-state index contributed by atoms with van der Waals surface area (Å²) in [6.45, 7) is 0. The summed E-state index contributed by atoms with van der Waals surface area (Å²) in [5.41, 5.74) is 6.89. The Morgan fingerprint density at radius 2 is 2.26 bits per heavy atom. The molecule has 0 atom stereocenters. The molecule has 4 nitrogen and oxygen atoms in total. The summed E-state index contributed by atoms with van der Waals surface area (Å²) in [6, 6.07) is 6.88. The van der Waals surface area contributed by atoms with Crippen molar-refractivity contribution in [1.82, 2.24) is 0 Å². The van der Waals surface area contributed by atoms with E-state index in [4.69, 9.17) is 21.8 Å². The monoisotopic (exact) mass is 297 g/mol. The molecule has 2 aromatic rings. The third-order valence-electron chi connectivity index (χ3n) is 2.48. The number of carbonyl (C=O) groups excluding carboxylic acids is 1. The highest BCUT2D eigenvalue weighted by Crippen LogP contribution is 2.31. The average Bonchev–Trinajstić information content (AvgIpc) is 2.85. The van der Waals surface area contributed by atoms with Crippen molar-refractivity contribution in [3.8, 4) is 0 Å². The number of ether oxygens (including phenoxy) is 1. The first kappa shape index (κ1) is 13.8. The first-order valence-corrected chi connectivity index (χ1v) is 6.80. The van der Waals surface area contributed by atoms with Crippen molar-refractivity contribution in [2.24, 2.45) is 0 Å². The van der Waals surface area contributed by atoms with E-state index in [0.717, 1.165) is 4.90 Å². The van der Waals surface area contributed by atoms with Crippen LogP contribution in [0.15, 0.2) is 39.8 Å². The van der Waals surface area contributed by atoms with Gasteiger partial charge in [0.1, 0.15) is 11.3 Å². The SMILES string of the molecule is COC(=O)c1ccoc1CSc1ccc(Cl)cc1N. The second-order valence-corrected chi connectivity index (χ2v) is 5.17. The molecule has 0 bridgehead atoms. The number of benzene rings is 1. The molecule has 0 spiro atoms. The van der Waals surface area contributed by atoms with Crippen molar-refractivity contribution >= 4 is 35.0 Å². The van der Waals surface area contributed by atoms with Gasteiger partial charge in [-0.25, -0.2) is 4.79 Å². The maximum Gasteiger partial charge on any atom is 0.341 e. The number of hydrogen-bond donors (Lipinski definition) is 1. The number of methoxy groups -OCH3 is 1.